The molecule has 0 bridgehead atoms. The average molecular weight is 271 g/mol. The Bertz CT molecular complexity index is 543. The molecule has 0 aliphatic heterocycles. The van der Waals surface area contributed by atoms with Gasteiger partial charge in [-0.15, -0.1) is 0 Å². The number of nitrogens with zero attached hydrogens (tertiary/aromatic N) is 2. The fourth-order valence-electron chi connectivity index (χ4n) is 2.84. The molecule has 20 heavy (non-hydrogen) atoms. The van der Waals surface area contributed by atoms with Gasteiger partial charge in [0.05, 0.1) is 5.69 Å². The first-order valence-electron chi connectivity index (χ1n) is 7.44. The number of benzene rings is 1. The molecular weight excluding hydrogens is 246 g/mol. The van der Waals surface area contributed by atoms with E-state index in [1.807, 2.05) is 0 Å². The van der Waals surface area contributed by atoms with Crippen LogP contribution < -0.4 is 5.32 Å². The van der Waals surface area contributed by atoms with E-state index >= 15 is 0 Å². The lowest BCUT2D eigenvalue weighted by molar-refractivity contribution is 0.577. The Labute approximate surface area is 122 Å². The van der Waals surface area contributed by atoms with E-state index in [4.69, 9.17) is 5.10 Å². The quantitative estimate of drug-likeness (QED) is 0.872. The van der Waals surface area contributed by atoms with Crippen molar-refractivity contribution in [3.05, 3.63) is 52.8 Å². The standard InChI is InChI=1S/C17H25N3/c1-5-18-13(2)17-14(3)19-20(15(17)4)12-11-16-9-7-6-8-10-16/h6-10,13,18H,5,11-12H2,1-4H3. The number of aryl methyl sites for hydroxylation is 3. The molecule has 2 aromatic rings. The van der Waals surface area contributed by atoms with Gasteiger partial charge >= 0.3 is 0 Å². The molecule has 0 spiro atoms. The van der Waals surface area contributed by atoms with Crippen molar-refractivity contribution in [2.24, 2.45) is 0 Å². The Balaban J connectivity index is 2.11. The van der Waals surface area contributed by atoms with Crippen LogP contribution in [0.3, 0.4) is 0 Å². The molecule has 3 nitrogen and oxygen atoms in total. The van der Waals surface area contributed by atoms with Crippen LogP contribution in [0.2, 0.25) is 0 Å². The molecule has 0 fully saturated rings. The lowest BCUT2D eigenvalue weighted by atomic mass is 10.1. The fourth-order valence-corrected chi connectivity index (χ4v) is 2.84. The van der Waals surface area contributed by atoms with Crippen LogP contribution in [-0.4, -0.2) is 16.3 Å². The second kappa shape index (κ2) is 6.71. The van der Waals surface area contributed by atoms with Crippen LogP contribution in [0.25, 0.3) is 0 Å². The second-order valence-corrected chi connectivity index (χ2v) is 5.32. The van der Waals surface area contributed by atoms with Gasteiger partial charge in [0.25, 0.3) is 0 Å². The minimum Gasteiger partial charge on any atom is -0.310 e. The minimum atomic E-state index is 0.366. The normalized spacial score (nSPS) is 12.6. The van der Waals surface area contributed by atoms with Gasteiger partial charge in [0.15, 0.2) is 0 Å². The van der Waals surface area contributed by atoms with Crippen LogP contribution >= 0.6 is 0 Å². The summed E-state index contributed by atoms with van der Waals surface area (Å²) in [5.41, 5.74) is 5.14. The van der Waals surface area contributed by atoms with Crippen molar-refractivity contribution in [3.8, 4) is 0 Å². The topological polar surface area (TPSA) is 29.9 Å². The van der Waals surface area contributed by atoms with Crippen molar-refractivity contribution < 1.29 is 0 Å². The van der Waals surface area contributed by atoms with Gasteiger partial charge in [-0.05, 0) is 39.3 Å². The van der Waals surface area contributed by atoms with Gasteiger partial charge in [0.1, 0.15) is 0 Å². The smallest absolute Gasteiger partial charge is 0.0644 e. The van der Waals surface area contributed by atoms with Crippen LogP contribution in [0, 0.1) is 13.8 Å². The summed E-state index contributed by atoms with van der Waals surface area (Å²) in [6.45, 7) is 10.6. The van der Waals surface area contributed by atoms with Crippen LogP contribution in [-0.2, 0) is 13.0 Å². The fraction of sp³-hybridized carbons (Fsp3) is 0.471. The van der Waals surface area contributed by atoms with Crippen molar-refractivity contribution in [2.45, 2.75) is 46.7 Å². The largest absolute Gasteiger partial charge is 0.310 e. The van der Waals surface area contributed by atoms with Crippen molar-refractivity contribution in [1.29, 1.82) is 0 Å². The first-order chi connectivity index (χ1) is 9.63. The van der Waals surface area contributed by atoms with Crippen molar-refractivity contribution >= 4 is 0 Å². The Morgan fingerprint density at radius 2 is 1.90 bits per heavy atom. The first-order valence-corrected chi connectivity index (χ1v) is 7.44. The van der Waals surface area contributed by atoms with Crippen LogP contribution in [0.4, 0.5) is 0 Å². The van der Waals surface area contributed by atoms with Gasteiger partial charge in [-0.1, -0.05) is 37.3 Å². The van der Waals surface area contributed by atoms with Crippen LogP contribution in [0.1, 0.15) is 42.4 Å². The van der Waals surface area contributed by atoms with Crippen molar-refractivity contribution in [1.82, 2.24) is 15.1 Å². The van der Waals surface area contributed by atoms with Crippen molar-refractivity contribution in [2.75, 3.05) is 6.54 Å². The SMILES string of the molecule is CCNC(C)c1c(C)nn(CCc2ccccc2)c1C. The minimum absolute atomic E-state index is 0.366. The average Bonchev–Trinajstić information content (AvgIpc) is 2.72. The van der Waals surface area contributed by atoms with Gasteiger partial charge in [0, 0.05) is 23.8 Å². The molecule has 0 saturated heterocycles. The zero-order chi connectivity index (χ0) is 14.5. The van der Waals surface area contributed by atoms with E-state index in [2.05, 4.69) is 68.0 Å². The third-order valence-electron chi connectivity index (χ3n) is 3.84. The highest BCUT2D eigenvalue weighted by Crippen LogP contribution is 2.21. The van der Waals surface area contributed by atoms with E-state index in [0.717, 1.165) is 25.2 Å². The maximum atomic E-state index is 4.71. The Hall–Kier alpha value is -1.61. The molecular formula is C17H25N3. The van der Waals surface area contributed by atoms with E-state index in [1.165, 1.54) is 16.8 Å². The summed E-state index contributed by atoms with van der Waals surface area (Å²) in [7, 11) is 0. The number of nitrogens with one attached hydrogen (secondary N) is 1. The summed E-state index contributed by atoms with van der Waals surface area (Å²) in [5.74, 6) is 0. The summed E-state index contributed by atoms with van der Waals surface area (Å²) in [4.78, 5) is 0. The van der Waals surface area contributed by atoms with E-state index < -0.39 is 0 Å². The van der Waals surface area contributed by atoms with E-state index in [1.54, 1.807) is 0 Å². The van der Waals surface area contributed by atoms with Gasteiger partial charge in [-0.2, -0.15) is 5.10 Å². The van der Waals surface area contributed by atoms with E-state index in [-0.39, 0.29) is 0 Å². The highest BCUT2D eigenvalue weighted by atomic mass is 15.3. The summed E-state index contributed by atoms with van der Waals surface area (Å²) in [6, 6.07) is 11.0. The Morgan fingerprint density at radius 1 is 1.20 bits per heavy atom. The molecule has 0 aliphatic carbocycles. The molecule has 2 rings (SSSR count). The Morgan fingerprint density at radius 3 is 2.55 bits per heavy atom. The zero-order valence-corrected chi connectivity index (χ0v) is 13.0. The molecule has 0 saturated carbocycles. The molecule has 1 aromatic heterocycles. The van der Waals surface area contributed by atoms with Gasteiger partial charge in [-0.25, -0.2) is 0 Å². The van der Waals surface area contributed by atoms with Crippen LogP contribution in [0.5, 0.6) is 0 Å². The molecule has 0 radical (unpaired) electrons. The number of hydrogen-bond donors (Lipinski definition) is 1. The number of hydrogen-bond acceptors (Lipinski definition) is 2. The monoisotopic (exact) mass is 271 g/mol. The molecule has 0 aliphatic rings. The highest BCUT2D eigenvalue weighted by Gasteiger charge is 2.16. The predicted octanol–water partition coefficient (Wildman–Crippen LogP) is 3.41. The predicted molar refractivity (Wildman–Crippen MR) is 83.9 cm³/mol. The molecule has 1 heterocycles. The lowest BCUT2D eigenvalue weighted by Crippen LogP contribution is -2.19. The van der Waals surface area contributed by atoms with Gasteiger partial charge in [-0.3, -0.25) is 4.68 Å². The maximum absolute atomic E-state index is 4.71. The molecule has 108 valence electrons. The zero-order valence-electron chi connectivity index (χ0n) is 13.0. The third kappa shape index (κ3) is 3.28. The van der Waals surface area contributed by atoms with Crippen LogP contribution in [0.15, 0.2) is 30.3 Å². The van der Waals surface area contributed by atoms with Crippen molar-refractivity contribution in [3.63, 3.8) is 0 Å². The second-order valence-electron chi connectivity index (χ2n) is 5.32. The Kier molecular flexibility index (Phi) is 4.96. The molecule has 3 heteroatoms. The number of rotatable bonds is 6. The third-order valence-corrected chi connectivity index (χ3v) is 3.84. The van der Waals surface area contributed by atoms with E-state index in [9.17, 15) is 0 Å². The first kappa shape index (κ1) is 14.8. The highest BCUT2D eigenvalue weighted by molar-refractivity contribution is 5.28. The number of aromatic nitrogens is 2. The summed E-state index contributed by atoms with van der Waals surface area (Å²) in [5, 5.41) is 8.18. The molecule has 1 aromatic carbocycles. The summed E-state index contributed by atoms with van der Waals surface area (Å²) >= 11 is 0. The van der Waals surface area contributed by atoms with Gasteiger partial charge in [0.2, 0.25) is 0 Å². The molecule has 1 unspecified atom stereocenters. The maximum Gasteiger partial charge on any atom is 0.0644 e. The van der Waals surface area contributed by atoms with E-state index in [0.29, 0.717) is 6.04 Å². The molecule has 1 N–H and O–H groups in total. The summed E-state index contributed by atoms with van der Waals surface area (Å²) < 4.78 is 2.14. The molecule has 0 amide bonds. The molecule has 1 atom stereocenters. The summed E-state index contributed by atoms with van der Waals surface area (Å²) in [6.07, 6.45) is 1.03. The lowest BCUT2D eigenvalue weighted by Gasteiger charge is -2.13. The van der Waals surface area contributed by atoms with Gasteiger partial charge < -0.3 is 5.32 Å².